The molecule has 0 aliphatic carbocycles. The molecule has 0 bridgehead atoms. The first-order valence-corrected chi connectivity index (χ1v) is 6.28. The Kier molecular flexibility index (Phi) is 9.63. The number of nitrogens with two attached hydrogens (primary N) is 1. The number of hydrogen-bond acceptors (Lipinski definition) is 5. The van der Waals surface area contributed by atoms with Gasteiger partial charge in [0.25, 0.3) is 0 Å². The van der Waals surface area contributed by atoms with E-state index in [1.807, 2.05) is 20.8 Å². The zero-order valence-corrected chi connectivity index (χ0v) is 11.7. The smallest absolute Gasteiger partial charge is 0.407 e. The van der Waals surface area contributed by atoms with Crippen LogP contribution in [0.3, 0.4) is 0 Å². The second kappa shape index (κ2) is 10.1. The fraction of sp³-hybridized carbons (Fsp3) is 0.917. The molecule has 6 heteroatoms. The highest BCUT2D eigenvalue weighted by Gasteiger charge is 2.15. The molecule has 0 radical (unpaired) electrons. The lowest BCUT2D eigenvalue weighted by atomic mass is 10.2. The second-order valence-corrected chi connectivity index (χ2v) is 4.80. The minimum absolute atomic E-state index is 0.395. The van der Waals surface area contributed by atoms with E-state index in [1.165, 1.54) is 0 Å². The molecule has 0 fully saturated rings. The van der Waals surface area contributed by atoms with Gasteiger partial charge in [0.05, 0.1) is 19.8 Å². The van der Waals surface area contributed by atoms with Gasteiger partial charge >= 0.3 is 6.09 Å². The predicted octanol–water partition coefficient (Wildman–Crippen LogP) is 0.893. The second-order valence-electron chi connectivity index (χ2n) is 4.80. The molecule has 3 N–H and O–H groups in total. The third kappa shape index (κ3) is 13.2. The van der Waals surface area contributed by atoms with Gasteiger partial charge in [-0.2, -0.15) is 0 Å². The summed E-state index contributed by atoms with van der Waals surface area (Å²) in [5.41, 5.74) is 4.81. The number of hydrogen-bond donors (Lipinski definition) is 2. The predicted molar refractivity (Wildman–Crippen MR) is 69.5 cm³/mol. The van der Waals surface area contributed by atoms with Crippen molar-refractivity contribution in [3.05, 3.63) is 0 Å². The van der Waals surface area contributed by atoms with Gasteiger partial charge in [0.1, 0.15) is 5.60 Å². The third-order valence-electron chi connectivity index (χ3n) is 1.77. The number of ether oxygens (including phenoxy) is 3. The van der Waals surface area contributed by atoms with E-state index in [-0.39, 0.29) is 0 Å². The number of rotatable bonds is 9. The molecule has 0 aromatic rings. The molecule has 0 saturated heterocycles. The highest BCUT2D eigenvalue weighted by molar-refractivity contribution is 5.67. The van der Waals surface area contributed by atoms with Crippen LogP contribution in [-0.4, -0.2) is 51.2 Å². The Bertz CT molecular complexity index is 217. The maximum Gasteiger partial charge on any atom is 0.407 e. The fourth-order valence-electron chi connectivity index (χ4n) is 1.08. The molecule has 0 rings (SSSR count). The van der Waals surface area contributed by atoms with Gasteiger partial charge in [0, 0.05) is 19.7 Å². The normalized spacial score (nSPS) is 11.3. The molecule has 0 aromatic carbocycles. The summed E-state index contributed by atoms with van der Waals surface area (Å²) in [6, 6.07) is 0. The van der Waals surface area contributed by atoms with Crippen LogP contribution in [0.25, 0.3) is 0 Å². The molecular formula is C12H26N2O4. The van der Waals surface area contributed by atoms with Crippen molar-refractivity contribution in [3.63, 3.8) is 0 Å². The average Bonchev–Trinajstić information content (AvgIpc) is 2.24. The first-order chi connectivity index (χ1) is 8.45. The molecule has 0 aliphatic rings. The van der Waals surface area contributed by atoms with Gasteiger partial charge in [-0.15, -0.1) is 0 Å². The lowest BCUT2D eigenvalue weighted by Gasteiger charge is -2.19. The Labute approximate surface area is 109 Å². The quantitative estimate of drug-likeness (QED) is 0.603. The largest absolute Gasteiger partial charge is 0.444 e. The maximum absolute atomic E-state index is 11.3. The van der Waals surface area contributed by atoms with Gasteiger partial charge < -0.3 is 25.3 Å². The van der Waals surface area contributed by atoms with Gasteiger partial charge in [-0.3, -0.25) is 0 Å². The maximum atomic E-state index is 11.3. The molecule has 1 amide bonds. The minimum atomic E-state index is -0.457. The van der Waals surface area contributed by atoms with Crippen molar-refractivity contribution in [1.29, 1.82) is 0 Å². The van der Waals surface area contributed by atoms with E-state index in [0.29, 0.717) is 39.5 Å². The van der Waals surface area contributed by atoms with Gasteiger partial charge in [-0.1, -0.05) is 0 Å². The molecule has 0 saturated carbocycles. The van der Waals surface area contributed by atoms with Crippen molar-refractivity contribution in [1.82, 2.24) is 5.32 Å². The number of nitrogens with one attached hydrogen (secondary N) is 1. The number of amides is 1. The van der Waals surface area contributed by atoms with Crippen LogP contribution in [0.4, 0.5) is 4.79 Å². The van der Waals surface area contributed by atoms with E-state index < -0.39 is 11.7 Å². The highest BCUT2D eigenvalue weighted by Crippen LogP contribution is 2.06. The lowest BCUT2D eigenvalue weighted by Crippen LogP contribution is -2.33. The van der Waals surface area contributed by atoms with Gasteiger partial charge in [-0.05, 0) is 27.2 Å². The van der Waals surface area contributed by atoms with E-state index in [9.17, 15) is 4.79 Å². The summed E-state index contributed by atoms with van der Waals surface area (Å²) < 4.78 is 15.5. The Morgan fingerprint density at radius 2 is 1.72 bits per heavy atom. The van der Waals surface area contributed by atoms with Gasteiger partial charge in [0.15, 0.2) is 0 Å². The van der Waals surface area contributed by atoms with Crippen LogP contribution in [0.2, 0.25) is 0 Å². The van der Waals surface area contributed by atoms with Crippen LogP contribution in [0, 0.1) is 0 Å². The zero-order chi connectivity index (χ0) is 13.9. The summed E-state index contributed by atoms with van der Waals surface area (Å²) in [6.45, 7) is 8.80. The van der Waals surface area contributed by atoms with Crippen molar-refractivity contribution in [2.24, 2.45) is 5.73 Å². The minimum Gasteiger partial charge on any atom is -0.444 e. The Balaban J connectivity index is 3.23. The molecule has 0 atom stereocenters. The molecule has 0 unspecified atom stereocenters. The fourth-order valence-corrected chi connectivity index (χ4v) is 1.08. The van der Waals surface area contributed by atoms with E-state index in [0.717, 1.165) is 6.42 Å². The summed E-state index contributed by atoms with van der Waals surface area (Å²) >= 11 is 0. The summed E-state index contributed by atoms with van der Waals surface area (Å²) in [5, 5.41) is 2.66. The van der Waals surface area contributed by atoms with E-state index in [2.05, 4.69) is 5.32 Å². The summed E-state index contributed by atoms with van der Waals surface area (Å²) in [4.78, 5) is 11.3. The molecule has 0 heterocycles. The van der Waals surface area contributed by atoms with Gasteiger partial charge in [-0.25, -0.2) is 4.79 Å². The SMILES string of the molecule is CC(C)(C)OC(=O)NCCCOCCOCCN. The van der Waals surface area contributed by atoms with Crippen molar-refractivity contribution in [3.8, 4) is 0 Å². The number of carbonyl (C=O) groups excluding carboxylic acids is 1. The molecular weight excluding hydrogens is 236 g/mol. The molecule has 0 spiro atoms. The van der Waals surface area contributed by atoms with Crippen LogP contribution < -0.4 is 11.1 Å². The average molecular weight is 262 g/mol. The van der Waals surface area contributed by atoms with E-state index >= 15 is 0 Å². The summed E-state index contributed by atoms with van der Waals surface area (Å²) in [6.07, 6.45) is 0.352. The van der Waals surface area contributed by atoms with Crippen LogP contribution >= 0.6 is 0 Å². The monoisotopic (exact) mass is 262 g/mol. The zero-order valence-electron chi connectivity index (χ0n) is 11.7. The lowest BCUT2D eigenvalue weighted by molar-refractivity contribution is 0.0453. The van der Waals surface area contributed by atoms with Crippen LogP contribution in [0.15, 0.2) is 0 Å². The standard InChI is InChI=1S/C12H26N2O4/c1-12(2,3)18-11(15)14-6-4-7-16-9-10-17-8-5-13/h4-10,13H2,1-3H3,(H,14,15). The number of alkyl carbamates (subject to hydrolysis) is 1. The summed E-state index contributed by atoms with van der Waals surface area (Å²) in [7, 11) is 0. The Morgan fingerprint density at radius 1 is 1.11 bits per heavy atom. The van der Waals surface area contributed by atoms with E-state index in [4.69, 9.17) is 19.9 Å². The highest BCUT2D eigenvalue weighted by atomic mass is 16.6. The molecule has 0 aromatic heterocycles. The van der Waals surface area contributed by atoms with Crippen LogP contribution in [0.1, 0.15) is 27.2 Å². The number of carbonyl (C=O) groups is 1. The van der Waals surface area contributed by atoms with Crippen molar-refractivity contribution >= 4 is 6.09 Å². The third-order valence-corrected chi connectivity index (χ3v) is 1.77. The van der Waals surface area contributed by atoms with Crippen LogP contribution in [-0.2, 0) is 14.2 Å². The van der Waals surface area contributed by atoms with E-state index in [1.54, 1.807) is 0 Å². The summed E-state index contributed by atoms with van der Waals surface area (Å²) in [5.74, 6) is 0. The molecule has 6 nitrogen and oxygen atoms in total. The van der Waals surface area contributed by atoms with Crippen molar-refractivity contribution in [2.45, 2.75) is 32.8 Å². The first-order valence-electron chi connectivity index (χ1n) is 6.28. The Morgan fingerprint density at radius 3 is 2.28 bits per heavy atom. The van der Waals surface area contributed by atoms with Crippen molar-refractivity contribution in [2.75, 3.05) is 39.5 Å². The molecule has 18 heavy (non-hydrogen) atoms. The van der Waals surface area contributed by atoms with Crippen LogP contribution in [0.5, 0.6) is 0 Å². The Hall–Kier alpha value is -0.850. The first kappa shape index (κ1) is 17.2. The van der Waals surface area contributed by atoms with Crippen molar-refractivity contribution < 1.29 is 19.0 Å². The molecule has 0 aliphatic heterocycles. The molecule has 108 valence electrons. The van der Waals surface area contributed by atoms with Gasteiger partial charge in [0.2, 0.25) is 0 Å². The topological polar surface area (TPSA) is 82.8 Å².